The van der Waals surface area contributed by atoms with Crippen molar-refractivity contribution in [3.8, 4) is 28.3 Å². The van der Waals surface area contributed by atoms with Crippen molar-refractivity contribution in [1.82, 2.24) is 54.6 Å². The van der Waals surface area contributed by atoms with Crippen molar-refractivity contribution in [2.75, 3.05) is 62.2 Å². The summed E-state index contributed by atoms with van der Waals surface area (Å²) in [5.74, 6) is 1.83. The Hall–Kier alpha value is -7.13. The van der Waals surface area contributed by atoms with Crippen LogP contribution in [0.25, 0.3) is 38.7 Å². The molecule has 9 heterocycles. The lowest BCUT2D eigenvalue weighted by atomic mass is 9.75. The van der Waals surface area contributed by atoms with E-state index in [9.17, 15) is 24.4 Å². The van der Waals surface area contributed by atoms with Crippen LogP contribution in [-0.2, 0) is 21.4 Å². The molecule has 69 heavy (non-hydrogen) atoms. The molecule has 0 unspecified atom stereocenters. The van der Waals surface area contributed by atoms with Crippen LogP contribution in [0.3, 0.4) is 0 Å². The topological polar surface area (TPSA) is 195 Å². The van der Waals surface area contributed by atoms with Crippen LogP contribution in [0.5, 0.6) is 0 Å². The maximum absolute atomic E-state index is 13.6. The molecule has 0 aliphatic carbocycles. The molecule has 0 bridgehead atoms. The molecule has 5 amide bonds. The van der Waals surface area contributed by atoms with E-state index in [1.807, 2.05) is 61.2 Å². The summed E-state index contributed by atoms with van der Waals surface area (Å²) in [5.41, 5.74) is 6.59. The number of rotatable bonds is 11. The maximum Gasteiger partial charge on any atom is 0.329 e. The SMILES string of the molecule is CCC1(C(=O)NC(C)C)CCN(c2ccc(-c3cc(-c4cnn(C5CCN(C(=O)CN6CCC(c7ccc8c(N9CCC(=O)NC9=O)nn(C)c8c7)CC6)CC5)c4)cn4ncc(C#N)c34)cn2)CC1. The van der Waals surface area contributed by atoms with Crippen molar-refractivity contribution >= 4 is 51.8 Å². The number of aryl methyl sites for hydroxylation is 1. The lowest BCUT2D eigenvalue weighted by Crippen LogP contribution is -2.50. The van der Waals surface area contributed by atoms with Crippen LogP contribution in [0.2, 0.25) is 0 Å². The van der Waals surface area contributed by atoms with E-state index in [2.05, 4.69) is 74.1 Å². The van der Waals surface area contributed by atoms with Gasteiger partial charge in [-0.1, -0.05) is 13.0 Å². The number of nitriles is 1. The van der Waals surface area contributed by atoms with Gasteiger partial charge in [-0.2, -0.15) is 20.6 Å². The van der Waals surface area contributed by atoms with Crippen LogP contribution < -0.4 is 20.4 Å². The van der Waals surface area contributed by atoms with Crippen molar-refractivity contribution in [1.29, 1.82) is 5.26 Å². The van der Waals surface area contributed by atoms with Gasteiger partial charge < -0.3 is 15.1 Å². The zero-order valence-corrected chi connectivity index (χ0v) is 39.9. The molecule has 4 saturated heterocycles. The van der Waals surface area contributed by atoms with Gasteiger partial charge in [0.05, 0.1) is 47.0 Å². The Kier molecular flexibility index (Phi) is 12.4. The number of nitrogens with zero attached hydrogens (tertiary/aromatic N) is 12. The predicted molar refractivity (Wildman–Crippen MR) is 261 cm³/mol. The zero-order chi connectivity index (χ0) is 48.0. The number of pyridine rings is 2. The highest BCUT2D eigenvalue weighted by molar-refractivity contribution is 6.09. The first-order chi connectivity index (χ1) is 33.4. The molecule has 0 saturated carbocycles. The van der Waals surface area contributed by atoms with E-state index >= 15 is 0 Å². The van der Waals surface area contributed by atoms with Gasteiger partial charge >= 0.3 is 6.03 Å². The van der Waals surface area contributed by atoms with Gasteiger partial charge in [-0.05, 0) is 114 Å². The Morgan fingerprint density at radius 2 is 1.68 bits per heavy atom. The number of aromatic nitrogens is 7. The Balaban J connectivity index is 0.744. The van der Waals surface area contributed by atoms with Gasteiger partial charge in [0.15, 0.2) is 5.82 Å². The third kappa shape index (κ3) is 8.91. The summed E-state index contributed by atoms with van der Waals surface area (Å²) in [4.78, 5) is 64.0. The first kappa shape index (κ1) is 45.6. The Morgan fingerprint density at radius 3 is 2.38 bits per heavy atom. The molecule has 18 nitrogen and oxygen atoms in total. The third-order valence-corrected chi connectivity index (χ3v) is 15.1. The van der Waals surface area contributed by atoms with Crippen LogP contribution in [-0.4, -0.2) is 126 Å². The van der Waals surface area contributed by atoms with Crippen LogP contribution in [0.15, 0.2) is 67.4 Å². The monoisotopic (exact) mass is 932 g/mol. The zero-order valence-electron chi connectivity index (χ0n) is 39.9. The van der Waals surface area contributed by atoms with Gasteiger partial charge in [0, 0.05) is 98.5 Å². The molecule has 358 valence electrons. The largest absolute Gasteiger partial charge is 0.357 e. The van der Waals surface area contributed by atoms with Crippen molar-refractivity contribution in [3.05, 3.63) is 78.5 Å². The van der Waals surface area contributed by atoms with Crippen molar-refractivity contribution < 1.29 is 19.2 Å². The minimum absolute atomic E-state index is 0.109. The minimum Gasteiger partial charge on any atom is -0.357 e. The molecule has 0 spiro atoms. The molecule has 4 fully saturated rings. The first-order valence-corrected chi connectivity index (χ1v) is 24.5. The van der Waals surface area contributed by atoms with Crippen molar-refractivity contribution in [3.63, 3.8) is 0 Å². The Labute approximate surface area is 401 Å². The number of urea groups is 1. The molecule has 0 radical (unpaired) electrons. The number of carbonyl (C=O) groups excluding carboxylic acids is 4. The number of hydrogen-bond acceptors (Lipinski definition) is 11. The molecule has 6 aromatic rings. The first-order valence-electron chi connectivity index (χ1n) is 24.5. The molecule has 1 aromatic carbocycles. The van der Waals surface area contributed by atoms with Crippen LogP contribution in [0.1, 0.15) is 95.2 Å². The van der Waals surface area contributed by atoms with Crippen LogP contribution >= 0.6 is 0 Å². The summed E-state index contributed by atoms with van der Waals surface area (Å²) >= 11 is 0. The van der Waals surface area contributed by atoms with E-state index in [4.69, 9.17) is 10.1 Å². The maximum atomic E-state index is 13.6. The molecule has 2 N–H and O–H groups in total. The fourth-order valence-electron chi connectivity index (χ4n) is 10.9. The number of amides is 5. The van der Waals surface area contributed by atoms with E-state index in [0.29, 0.717) is 43.5 Å². The number of imide groups is 1. The number of fused-ring (bicyclic) bond motifs is 2. The highest BCUT2D eigenvalue weighted by Crippen LogP contribution is 2.39. The van der Waals surface area contributed by atoms with Gasteiger partial charge in [0.25, 0.3) is 0 Å². The number of piperidine rings is 3. The quantitative estimate of drug-likeness (QED) is 0.154. The Bertz CT molecular complexity index is 2960. The summed E-state index contributed by atoms with van der Waals surface area (Å²) in [6.45, 7) is 11.3. The number of likely N-dealkylation sites (tertiary alicyclic amines) is 2. The fraction of sp³-hybridized carbons (Fsp3) is 0.471. The van der Waals surface area contributed by atoms with Gasteiger partial charge in [-0.15, -0.1) is 0 Å². The highest BCUT2D eigenvalue weighted by atomic mass is 16.2. The van der Waals surface area contributed by atoms with Crippen LogP contribution in [0, 0.1) is 16.7 Å². The molecule has 0 atom stereocenters. The summed E-state index contributed by atoms with van der Waals surface area (Å²) in [6.07, 6.45) is 15.5. The number of hydrogen-bond donors (Lipinski definition) is 2. The lowest BCUT2D eigenvalue weighted by Gasteiger charge is -2.41. The van der Waals surface area contributed by atoms with E-state index in [1.54, 1.807) is 15.4 Å². The molecular formula is C51H60N14O4. The number of benzene rings is 1. The van der Waals surface area contributed by atoms with E-state index in [-0.39, 0.29) is 41.6 Å². The van der Waals surface area contributed by atoms with Gasteiger partial charge in [-0.3, -0.25) is 38.9 Å². The Morgan fingerprint density at radius 1 is 0.899 bits per heavy atom. The van der Waals surface area contributed by atoms with Gasteiger partial charge in [-0.25, -0.2) is 14.3 Å². The predicted octanol–water partition coefficient (Wildman–Crippen LogP) is 6.03. The summed E-state index contributed by atoms with van der Waals surface area (Å²) < 4.78 is 5.59. The van der Waals surface area contributed by atoms with E-state index in [0.717, 1.165) is 116 Å². The number of anilines is 2. The van der Waals surface area contributed by atoms with Crippen LogP contribution in [0.4, 0.5) is 16.4 Å². The fourth-order valence-corrected chi connectivity index (χ4v) is 10.9. The average molecular weight is 933 g/mol. The smallest absolute Gasteiger partial charge is 0.329 e. The average Bonchev–Trinajstić information content (AvgIpc) is 4.11. The molecule has 4 aliphatic heterocycles. The second kappa shape index (κ2) is 18.8. The standard InChI is InChI=1S/C51H60N14O4/c1-5-51(49(68)56-33(2)3)15-22-61(23-16-51)44-9-7-36(27-53-44)42-24-37(30-65-47(42)38(26-52)28-55-65)39-29-54-64(31-39)40-12-19-62(20-13-40)46(67)32-60-17-10-34(11-18-60)35-6-8-41-43(25-35)59(4)58-48(41)63-21-14-45(66)57-50(63)69/h6-9,24-25,27-31,33-34,40H,5,10-23,32H2,1-4H3,(H,56,68)(H,57,66,69). The third-order valence-electron chi connectivity index (χ3n) is 15.1. The number of nitrogens with one attached hydrogen (secondary N) is 2. The summed E-state index contributed by atoms with van der Waals surface area (Å²) in [7, 11) is 1.88. The van der Waals surface area contributed by atoms with E-state index < -0.39 is 6.03 Å². The number of carbonyl (C=O) groups is 4. The van der Waals surface area contributed by atoms with Gasteiger partial charge in [0.1, 0.15) is 11.9 Å². The summed E-state index contributed by atoms with van der Waals surface area (Å²) in [5, 5.41) is 30.5. The molecule has 18 heteroatoms. The molecule has 4 aliphatic rings. The second-order valence-corrected chi connectivity index (χ2v) is 19.6. The van der Waals surface area contributed by atoms with E-state index in [1.165, 1.54) is 10.5 Å². The molecule has 10 rings (SSSR count). The van der Waals surface area contributed by atoms with Crippen molar-refractivity contribution in [2.45, 2.75) is 90.1 Å². The molecular weight excluding hydrogens is 873 g/mol. The van der Waals surface area contributed by atoms with Gasteiger partial charge in [0.2, 0.25) is 17.7 Å². The highest BCUT2D eigenvalue weighted by Gasteiger charge is 2.40. The minimum atomic E-state index is -0.442. The molecule has 5 aromatic heterocycles. The second-order valence-electron chi connectivity index (χ2n) is 19.6. The van der Waals surface area contributed by atoms with Crippen molar-refractivity contribution in [2.24, 2.45) is 12.5 Å². The summed E-state index contributed by atoms with van der Waals surface area (Å²) in [6, 6.07) is 14.6. The lowest BCUT2D eigenvalue weighted by molar-refractivity contribution is -0.134. The normalized spacial score (nSPS) is 18.6.